The molecular formula is C4H3N3O3. The van der Waals surface area contributed by atoms with Crippen LogP contribution in [0.3, 0.4) is 0 Å². The van der Waals surface area contributed by atoms with Crippen molar-refractivity contribution in [3.8, 4) is 0 Å². The van der Waals surface area contributed by atoms with Crippen LogP contribution >= 0.6 is 0 Å². The van der Waals surface area contributed by atoms with Crippen LogP contribution in [-0.2, 0) is 4.79 Å². The summed E-state index contributed by atoms with van der Waals surface area (Å²) in [6.07, 6.45) is 1.60. The lowest BCUT2D eigenvalue weighted by Crippen LogP contribution is -1.96. The molecule has 0 aliphatic carbocycles. The van der Waals surface area contributed by atoms with Crippen LogP contribution in [0.2, 0.25) is 0 Å². The lowest BCUT2D eigenvalue weighted by atomic mass is 10.7. The SMILES string of the molecule is O=Cn1ccc([N+](=O)[O-])n1. The third-order valence-corrected chi connectivity index (χ3v) is 0.889. The Labute approximate surface area is 55.2 Å². The molecule has 0 aromatic carbocycles. The second kappa shape index (κ2) is 2.26. The monoisotopic (exact) mass is 141 g/mol. The van der Waals surface area contributed by atoms with Gasteiger partial charge in [0.25, 0.3) is 6.41 Å². The van der Waals surface area contributed by atoms with Gasteiger partial charge in [-0.05, 0) is 4.92 Å². The molecule has 0 amide bonds. The van der Waals surface area contributed by atoms with Gasteiger partial charge < -0.3 is 10.1 Å². The fourth-order valence-corrected chi connectivity index (χ4v) is 0.484. The molecule has 1 aromatic heterocycles. The van der Waals surface area contributed by atoms with Crippen molar-refractivity contribution in [2.45, 2.75) is 0 Å². The van der Waals surface area contributed by atoms with Crippen LogP contribution in [0.1, 0.15) is 0 Å². The van der Waals surface area contributed by atoms with Crippen LogP contribution in [-0.4, -0.2) is 21.1 Å². The molecular weight excluding hydrogens is 138 g/mol. The Morgan fingerprint density at radius 3 is 2.80 bits per heavy atom. The van der Waals surface area contributed by atoms with E-state index in [4.69, 9.17) is 0 Å². The molecule has 0 saturated heterocycles. The van der Waals surface area contributed by atoms with Crippen molar-refractivity contribution in [1.29, 1.82) is 0 Å². The Hall–Kier alpha value is -1.72. The number of aromatic nitrogens is 2. The molecule has 6 nitrogen and oxygen atoms in total. The molecule has 1 aromatic rings. The zero-order valence-corrected chi connectivity index (χ0v) is 4.80. The lowest BCUT2D eigenvalue weighted by molar-refractivity contribution is -0.389. The second-order valence-electron chi connectivity index (χ2n) is 1.52. The van der Waals surface area contributed by atoms with Crippen LogP contribution < -0.4 is 0 Å². The molecule has 0 atom stereocenters. The van der Waals surface area contributed by atoms with Crippen molar-refractivity contribution in [3.05, 3.63) is 22.4 Å². The van der Waals surface area contributed by atoms with Gasteiger partial charge in [-0.2, -0.15) is 0 Å². The Kier molecular flexibility index (Phi) is 1.44. The van der Waals surface area contributed by atoms with Crippen molar-refractivity contribution < 1.29 is 9.72 Å². The number of nitro groups is 1. The highest BCUT2D eigenvalue weighted by Crippen LogP contribution is 2.02. The van der Waals surface area contributed by atoms with Crippen molar-refractivity contribution in [2.75, 3.05) is 0 Å². The minimum atomic E-state index is -0.667. The molecule has 1 heterocycles. The van der Waals surface area contributed by atoms with Gasteiger partial charge in [0.2, 0.25) is 0 Å². The summed E-state index contributed by atoms with van der Waals surface area (Å²) >= 11 is 0. The molecule has 6 heteroatoms. The number of nitrogens with zero attached hydrogens (tertiary/aromatic N) is 3. The van der Waals surface area contributed by atoms with E-state index in [0.29, 0.717) is 6.41 Å². The molecule has 0 aliphatic rings. The number of hydrogen-bond acceptors (Lipinski definition) is 4. The van der Waals surface area contributed by atoms with E-state index in [2.05, 4.69) is 5.10 Å². The Morgan fingerprint density at radius 1 is 1.80 bits per heavy atom. The summed E-state index contributed by atoms with van der Waals surface area (Å²) in [4.78, 5) is 19.2. The molecule has 1 rings (SSSR count). The van der Waals surface area contributed by atoms with Crippen molar-refractivity contribution in [3.63, 3.8) is 0 Å². The second-order valence-corrected chi connectivity index (χ2v) is 1.52. The summed E-state index contributed by atoms with van der Waals surface area (Å²) in [6, 6.07) is 1.15. The summed E-state index contributed by atoms with van der Waals surface area (Å²) in [7, 11) is 0. The Morgan fingerprint density at radius 2 is 2.50 bits per heavy atom. The number of hydrogen-bond donors (Lipinski definition) is 0. The predicted molar refractivity (Wildman–Crippen MR) is 31.0 cm³/mol. The van der Waals surface area contributed by atoms with Crippen LogP contribution in [0, 0.1) is 10.1 Å². The third kappa shape index (κ3) is 0.993. The maximum absolute atomic E-state index is 9.94. The van der Waals surface area contributed by atoms with Crippen molar-refractivity contribution >= 4 is 12.2 Å². The van der Waals surface area contributed by atoms with Gasteiger partial charge >= 0.3 is 5.82 Å². The zero-order valence-electron chi connectivity index (χ0n) is 4.80. The highest BCUT2D eigenvalue weighted by atomic mass is 16.6. The highest BCUT2D eigenvalue weighted by molar-refractivity contribution is 5.50. The van der Waals surface area contributed by atoms with Gasteiger partial charge in [-0.3, -0.25) is 4.79 Å². The van der Waals surface area contributed by atoms with Crippen molar-refractivity contribution in [2.24, 2.45) is 0 Å². The van der Waals surface area contributed by atoms with Gasteiger partial charge in [-0.25, -0.2) is 0 Å². The van der Waals surface area contributed by atoms with Crippen molar-refractivity contribution in [1.82, 2.24) is 9.78 Å². The summed E-state index contributed by atoms with van der Waals surface area (Å²) in [5.41, 5.74) is 0. The summed E-state index contributed by atoms with van der Waals surface area (Å²) in [5, 5.41) is 13.2. The summed E-state index contributed by atoms with van der Waals surface area (Å²) in [6.45, 7) is 0. The molecule has 0 saturated carbocycles. The Bertz CT molecular complexity index is 266. The first-order valence-corrected chi connectivity index (χ1v) is 2.39. The summed E-state index contributed by atoms with van der Waals surface area (Å²) in [5.74, 6) is -0.327. The average Bonchev–Trinajstić information content (AvgIpc) is 2.34. The minimum Gasteiger partial charge on any atom is -0.358 e. The number of rotatable bonds is 2. The van der Waals surface area contributed by atoms with E-state index in [1.54, 1.807) is 0 Å². The van der Waals surface area contributed by atoms with E-state index in [-0.39, 0.29) is 5.82 Å². The van der Waals surface area contributed by atoms with E-state index in [9.17, 15) is 14.9 Å². The third-order valence-electron chi connectivity index (χ3n) is 0.889. The van der Waals surface area contributed by atoms with E-state index < -0.39 is 4.92 Å². The van der Waals surface area contributed by atoms with Gasteiger partial charge in [-0.15, -0.1) is 4.68 Å². The van der Waals surface area contributed by atoms with Gasteiger partial charge in [0.15, 0.2) is 0 Å². The first kappa shape index (κ1) is 6.40. The highest BCUT2D eigenvalue weighted by Gasteiger charge is 2.08. The Balaban J connectivity index is 2.98. The molecule has 0 radical (unpaired) electrons. The largest absolute Gasteiger partial charge is 0.390 e. The van der Waals surface area contributed by atoms with E-state index >= 15 is 0 Å². The number of carbonyl (C=O) groups is 1. The standard InChI is InChI=1S/C4H3N3O3/c8-3-6-2-1-4(5-6)7(9)10/h1-3H. The smallest absolute Gasteiger partial charge is 0.358 e. The molecule has 52 valence electrons. The fraction of sp³-hybridized carbons (Fsp3) is 0. The van der Waals surface area contributed by atoms with Gasteiger partial charge in [-0.1, -0.05) is 0 Å². The maximum Gasteiger partial charge on any atom is 0.390 e. The predicted octanol–water partition coefficient (Wildman–Crippen LogP) is -0.170. The van der Waals surface area contributed by atoms with Gasteiger partial charge in [0, 0.05) is 0 Å². The maximum atomic E-state index is 9.94. The van der Waals surface area contributed by atoms with E-state index in [1.807, 2.05) is 0 Å². The first-order valence-electron chi connectivity index (χ1n) is 2.39. The summed E-state index contributed by atoms with van der Waals surface area (Å²) < 4.78 is 0.831. The number of carbonyl (C=O) groups excluding carboxylic acids is 1. The van der Waals surface area contributed by atoms with Crippen LogP contribution in [0.25, 0.3) is 0 Å². The molecule has 0 bridgehead atoms. The van der Waals surface area contributed by atoms with Crippen LogP contribution in [0.5, 0.6) is 0 Å². The molecule has 0 fully saturated rings. The zero-order chi connectivity index (χ0) is 7.56. The fourth-order valence-electron chi connectivity index (χ4n) is 0.484. The molecule has 0 aliphatic heterocycles. The quantitative estimate of drug-likeness (QED) is 0.325. The molecule has 0 N–H and O–H groups in total. The van der Waals surface area contributed by atoms with Gasteiger partial charge in [0.05, 0.1) is 17.4 Å². The topological polar surface area (TPSA) is 78.0 Å². The van der Waals surface area contributed by atoms with E-state index in [0.717, 1.165) is 10.7 Å². The average molecular weight is 141 g/mol. The lowest BCUT2D eigenvalue weighted by Gasteiger charge is -1.81. The molecule has 0 spiro atoms. The molecule has 0 unspecified atom stereocenters. The van der Waals surface area contributed by atoms with Gasteiger partial charge in [0.1, 0.15) is 0 Å². The molecule has 10 heavy (non-hydrogen) atoms. The normalized spacial score (nSPS) is 9.20. The van der Waals surface area contributed by atoms with E-state index in [1.165, 1.54) is 6.20 Å². The van der Waals surface area contributed by atoms with Crippen LogP contribution in [0.15, 0.2) is 12.3 Å². The minimum absolute atomic E-state index is 0.327. The first-order chi connectivity index (χ1) is 4.74. The van der Waals surface area contributed by atoms with Crippen LogP contribution in [0.4, 0.5) is 5.82 Å².